The number of nitrogens with zero attached hydrogens (tertiary/aromatic N) is 1. The van der Waals surface area contributed by atoms with Gasteiger partial charge in [0.05, 0.1) is 12.2 Å². The molecule has 0 bridgehead atoms. The van der Waals surface area contributed by atoms with Crippen LogP contribution >= 0.6 is 0 Å². The maximum absolute atomic E-state index is 12.5. The van der Waals surface area contributed by atoms with Crippen molar-refractivity contribution in [1.82, 2.24) is 9.88 Å². The summed E-state index contributed by atoms with van der Waals surface area (Å²) in [6.45, 7) is 3.93. The topological polar surface area (TPSA) is 71.6 Å². The molecule has 150 valence electrons. The fraction of sp³-hybridized carbons (Fsp3) is 0.304. The van der Waals surface area contributed by atoms with Gasteiger partial charge in [-0.25, -0.2) is 0 Å². The van der Waals surface area contributed by atoms with Gasteiger partial charge in [0.1, 0.15) is 24.7 Å². The summed E-state index contributed by atoms with van der Waals surface area (Å²) in [4.78, 5) is 29.3. The third-order valence-corrected chi connectivity index (χ3v) is 5.24. The quantitative estimate of drug-likeness (QED) is 0.669. The van der Waals surface area contributed by atoms with Crippen molar-refractivity contribution in [2.75, 3.05) is 19.7 Å². The average Bonchev–Trinajstić information content (AvgIpc) is 3.15. The molecule has 1 aliphatic heterocycles. The van der Waals surface area contributed by atoms with Gasteiger partial charge in [-0.15, -0.1) is 0 Å². The van der Waals surface area contributed by atoms with Crippen LogP contribution < -0.4 is 14.9 Å². The van der Waals surface area contributed by atoms with Gasteiger partial charge in [0.15, 0.2) is 5.43 Å². The van der Waals surface area contributed by atoms with Crippen molar-refractivity contribution in [1.29, 1.82) is 0 Å². The van der Waals surface area contributed by atoms with E-state index in [9.17, 15) is 9.59 Å². The van der Waals surface area contributed by atoms with Crippen LogP contribution in [-0.4, -0.2) is 35.5 Å². The van der Waals surface area contributed by atoms with Crippen molar-refractivity contribution in [3.05, 3.63) is 70.0 Å². The minimum absolute atomic E-state index is 0.0199. The number of para-hydroxylation sites is 1. The van der Waals surface area contributed by atoms with E-state index in [1.807, 2.05) is 60.4 Å². The molecule has 1 saturated heterocycles. The zero-order chi connectivity index (χ0) is 20.2. The van der Waals surface area contributed by atoms with E-state index in [2.05, 4.69) is 4.98 Å². The van der Waals surface area contributed by atoms with Gasteiger partial charge in [0.25, 0.3) is 0 Å². The van der Waals surface area contributed by atoms with Gasteiger partial charge in [-0.1, -0.05) is 18.2 Å². The van der Waals surface area contributed by atoms with Crippen molar-refractivity contribution in [3.63, 3.8) is 0 Å². The molecule has 2 aromatic carbocycles. The lowest BCUT2D eigenvalue weighted by Gasteiger charge is -2.16. The number of amides is 1. The van der Waals surface area contributed by atoms with Gasteiger partial charge >= 0.3 is 0 Å². The van der Waals surface area contributed by atoms with Crippen LogP contribution in [0.25, 0.3) is 10.9 Å². The number of hydrogen-bond acceptors (Lipinski definition) is 4. The smallest absolute Gasteiger partial charge is 0.222 e. The second-order valence-electron chi connectivity index (χ2n) is 7.20. The monoisotopic (exact) mass is 392 g/mol. The third-order valence-electron chi connectivity index (χ3n) is 5.24. The van der Waals surface area contributed by atoms with E-state index in [1.165, 1.54) is 0 Å². The van der Waals surface area contributed by atoms with Crippen LogP contribution in [0, 0.1) is 6.92 Å². The molecule has 29 heavy (non-hydrogen) atoms. The highest BCUT2D eigenvalue weighted by molar-refractivity contribution is 5.79. The lowest BCUT2D eigenvalue weighted by Crippen LogP contribution is -2.29. The lowest BCUT2D eigenvalue weighted by molar-refractivity contribution is -0.128. The number of aromatic amines is 1. The Morgan fingerprint density at radius 3 is 2.62 bits per heavy atom. The summed E-state index contributed by atoms with van der Waals surface area (Å²) >= 11 is 0. The first-order valence-electron chi connectivity index (χ1n) is 9.86. The highest BCUT2D eigenvalue weighted by atomic mass is 16.5. The largest absolute Gasteiger partial charge is 0.492 e. The molecule has 4 rings (SSSR count). The van der Waals surface area contributed by atoms with E-state index in [-0.39, 0.29) is 17.9 Å². The molecule has 1 N–H and O–H groups in total. The van der Waals surface area contributed by atoms with Crippen LogP contribution in [0.5, 0.6) is 11.5 Å². The van der Waals surface area contributed by atoms with Crippen molar-refractivity contribution < 1.29 is 14.3 Å². The fourth-order valence-electron chi connectivity index (χ4n) is 3.55. The number of pyridine rings is 1. The first-order chi connectivity index (χ1) is 14.1. The molecule has 1 aliphatic rings. The van der Waals surface area contributed by atoms with E-state index in [0.717, 1.165) is 24.2 Å². The lowest BCUT2D eigenvalue weighted by atomic mass is 10.1. The highest BCUT2D eigenvalue weighted by Crippen LogP contribution is 2.21. The van der Waals surface area contributed by atoms with Crippen molar-refractivity contribution >= 4 is 16.8 Å². The first-order valence-corrected chi connectivity index (χ1v) is 9.86. The van der Waals surface area contributed by atoms with Crippen molar-refractivity contribution in [2.24, 2.45) is 0 Å². The summed E-state index contributed by atoms with van der Waals surface area (Å²) in [5.74, 6) is 1.55. The molecule has 2 heterocycles. The SMILES string of the molecule is Cc1c(COc2cccc(OCCN3CCCC3=O)c2)[nH]c2ccccc2c1=O. The number of benzene rings is 2. The van der Waals surface area contributed by atoms with Gasteiger partial charge in [-0.2, -0.15) is 0 Å². The minimum atomic E-state index is 0.0199. The molecular weight excluding hydrogens is 368 g/mol. The van der Waals surface area contributed by atoms with Gasteiger partial charge in [0, 0.05) is 35.5 Å². The number of carbonyl (C=O) groups is 1. The number of nitrogens with one attached hydrogen (secondary N) is 1. The van der Waals surface area contributed by atoms with Gasteiger partial charge in [-0.3, -0.25) is 9.59 Å². The van der Waals surface area contributed by atoms with Crippen molar-refractivity contribution in [2.45, 2.75) is 26.4 Å². The van der Waals surface area contributed by atoms with E-state index < -0.39 is 0 Å². The van der Waals surface area contributed by atoms with Crippen LogP contribution in [0.15, 0.2) is 53.3 Å². The molecule has 0 spiro atoms. The number of fused-ring (bicyclic) bond motifs is 1. The summed E-state index contributed by atoms with van der Waals surface area (Å²) in [5, 5.41) is 0.681. The third kappa shape index (κ3) is 4.26. The van der Waals surface area contributed by atoms with E-state index in [1.54, 1.807) is 0 Å². The molecule has 6 nitrogen and oxygen atoms in total. The van der Waals surface area contributed by atoms with Gasteiger partial charge in [0.2, 0.25) is 5.91 Å². The molecule has 0 atom stereocenters. The zero-order valence-corrected chi connectivity index (χ0v) is 16.4. The Bertz CT molecular complexity index is 1090. The summed E-state index contributed by atoms with van der Waals surface area (Å²) in [5.41, 5.74) is 2.24. The van der Waals surface area contributed by atoms with E-state index in [0.29, 0.717) is 42.0 Å². The summed E-state index contributed by atoms with van der Waals surface area (Å²) < 4.78 is 11.7. The Kier molecular flexibility index (Phi) is 5.51. The Morgan fingerprint density at radius 2 is 1.83 bits per heavy atom. The molecular formula is C23H24N2O4. The molecule has 0 unspecified atom stereocenters. The van der Waals surface area contributed by atoms with Crippen LogP contribution in [0.4, 0.5) is 0 Å². The number of hydrogen-bond donors (Lipinski definition) is 1. The maximum atomic E-state index is 12.5. The molecule has 3 aromatic rings. The molecule has 1 aromatic heterocycles. The predicted molar refractivity (Wildman–Crippen MR) is 111 cm³/mol. The van der Waals surface area contributed by atoms with Gasteiger partial charge < -0.3 is 19.4 Å². The maximum Gasteiger partial charge on any atom is 0.222 e. The molecule has 1 fully saturated rings. The normalized spacial score (nSPS) is 13.8. The number of carbonyl (C=O) groups excluding carboxylic acids is 1. The molecule has 6 heteroatoms. The Labute approximate surface area is 169 Å². The van der Waals surface area contributed by atoms with Crippen LogP contribution in [0.1, 0.15) is 24.1 Å². The molecule has 0 radical (unpaired) electrons. The van der Waals surface area contributed by atoms with Gasteiger partial charge in [-0.05, 0) is 37.6 Å². The minimum Gasteiger partial charge on any atom is -0.492 e. The predicted octanol–water partition coefficient (Wildman–Crippen LogP) is 3.42. The van der Waals surface area contributed by atoms with Crippen LogP contribution in [0.2, 0.25) is 0 Å². The van der Waals surface area contributed by atoms with Crippen LogP contribution in [0.3, 0.4) is 0 Å². The summed E-state index contributed by atoms with van der Waals surface area (Å²) in [6.07, 6.45) is 1.57. The molecule has 0 aliphatic carbocycles. The fourth-order valence-corrected chi connectivity index (χ4v) is 3.55. The zero-order valence-electron chi connectivity index (χ0n) is 16.4. The van der Waals surface area contributed by atoms with E-state index >= 15 is 0 Å². The second-order valence-corrected chi connectivity index (χ2v) is 7.20. The standard InChI is InChI=1S/C23H24N2O4/c1-16-21(24-20-9-3-2-8-19(20)23(16)27)15-29-18-7-4-6-17(14-18)28-13-12-25-11-5-10-22(25)26/h2-4,6-9,14H,5,10-13,15H2,1H3,(H,24,27). The number of likely N-dealkylation sites (tertiary alicyclic amines) is 1. The summed E-state index contributed by atoms with van der Waals surface area (Å²) in [7, 11) is 0. The summed E-state index contributed by atoms with van der Waals surface area (Å²) in [6, 6.07) is 14.9. The Morgan fingerprint density at radius 1 is 1.03 bits per heavy atom. The number of aromatic nitrogens is 1. The highest BCUT2D eigenvalue weighted by Gasteiger charge is 2.19. The average molecular weight is 392 g/mol. The van der Waals surface area contributed by atoms with Crippen molar-refractivity contribution in [3.8, 4) is 11.5 Å². The molecule has 1 amide bonds. The molecule has 0 saturated carbocycles. The van der Waals surface area contributed by atoms with E-state index in [4.69, 9.17) is 9.47 Å². The number of ether oxygens (including phenoxy) is 2. The number of rotatable bonds is 7. The second kappa shape index (κ2) is 8.39. The Hall–Kier alpha value is -3.28. The number of H-pyrrole nitrogens is 1. The Balaban J connectivity index is 1.39. The van der Waals surface area contributed by atoms with Crippen LogP contribution in [-0.2, 0) is 11.4 Å². The first kappa shape index (κ1) is 19.1.